The maximum atomic E-state index is 12.5. The van der Waals surface area contributed by atoms with Gasteiger partial charge in [0.1, 0.15) is 0 Å². The lowest BCUT2D eigenvalue weighted by Gasteiger charge is -2.09. The van der Waals surface area contributed by atoms with Crippen LogP contribution in [0.2, 0.25) is 0 Å². The first-order chi connectivity index (χ1) is 17.0. The van der Waals surface area contributed by atoms with Crippen LogP contribution in [0.25, 0.3) is 11.0 Å². The summed E-state index contributed by atoms with van der Waals surface area (Å²) in [5.74, 6) is 0.288. The van der Waals surface area contributed by atoms with Crippen LogP contribution in [0.5, 0.6) is 17.2 Å². The van der Waals surface area contributed by atoms with Crippen molar-refractivity contribution in [3.8, 4) is 17.2 Å². The number of thioether (sulfide) groups is 1. The Bertz CT molecular complexity index is 1340. The van der Waals surface area contributed by atoms with E-state index >= 15 is 0 Å². The van der Waals surface area contributed by atoms with Crippen molar-refractivity contribution in [3.05, 3.63) is 77.4 Å². The van der Waals surface area contributed by atoms with Gasteiger partial charge in [-0.3, -0.25) is 4.79 Å². The van der Waals surface area contributed by atoms with Gasteiger partial charge in [-0.05, 0) is 36.8 Å². The summed E-state index contributed by atoms with van der Waals surface area (Å²) in [6, 6.07) is 19.5. The average molecular weight is 491 g/mol. The Hall–Kier alpha value is -3.98. The summed E-state index contributed by atoms with van der Waals surface area (Å²) in [4.78, 5) is 17.2. The molecule has 0 atom stereocenters. The molecular weight excluding hydrogens is 464 g/mol. The van der Waals surface area contributed by atoms with E-state index in [1.54, 1.807) is 12.1 Å². The van der Waals surface area contributed by atoms with Crippen molar-refractivity contribution in [1.82, 2.24) is 15.0 Å². The quantitative estimate of drug-likeness (QED) is 0.206. The van der Waals surface area contributed by atoms with E-state index in [4.69, 9.17) is 14.5 Å². The van der Waals surface area contributed by atoms with Crippen LogP contribution < -0.4 is 14.9 Å². The number of nitrogens with zero attached hydrogens (tertiary/aromatic N) is 3. The molecular formula is C26H26N4O4S. The maximum Gasteiger partial charge on any atom is 0.250 e. The van der Waals surface area contributed by atoms with Crippen LogP contribution in [0.15, 0.2) is 70.9 Å². The maximum absolute atomic E-state index is 12.5. The molecule has 4 aromatic rings. The Morgan fingerprint density at radius 3 is 2.49 bits per heavy atom. The molecule has 0 aliphatic heterocycles. The number of imidazole rings is 1. The first-order valence-corrected chi connectivity index (χ1v) is 11.9. The number of nitrogens with one attached hydrogen (secondary N) is 1. The molecule has 0 aliphatic rings. The summed E-state index contributed by atoms with van der Waals surface area (Å²) >= 11 is 1.36. The predicted molar refractivity (Wildman–Crippen MR) is 138 cm³/mol. The molecule has 180 valence electrons. The molecule has 0 fully saturated rings. The first-order valence-electron chi connectivity index (χ1n) is 10.9. The molecule has 9 heteroatoms. The van der Waals surface area contributed by atoms with E-state index in [1.165, 1.54) is 37.8 Å². The summed E-state index contributed by atoms with van der Waals surface area (Å²) in [7, 11) is 2.89. The standard InChI is InChI=1S/C26H26N4O4S/c1-17-8-10-18(11-9-17)15-30-21-7-5-4-6-20(21)28-26(30)35-16-24(31)29-27-14-19-12-22(33-2)25(32)23(13-19)34-3/h4-14,32H,15-16H2,1-3H3,(H,29,31)/b27-14+. The smallest absolute Gasteiger partial charge is 0.250 e. The lowest BCUT2D eigenvalue weighted by Crippen LogP contribution is -2.20. The zero-order valence-electron chi connectivity index (χ0n) is 19.7. The van der Waals surface area contributed by atoms with E-state index in [2.05, 4.69) is 46.3 Å². The average Bonchev–Trinajstić information content (AvgIpc) is 3.22. The number of ether oxygens (including phenoxy) is 2. The second-order valence-electron chi connectivity index (χ2n) is 7.81. The SMILES string of the molecule is COc1cc(/C=N/NC(=O)CSc2nc3ccccc3n2Cc2ccc(C)cc2)cc(OC)c1O. The molecule has 2 N–H and O–H groups in total. The zero-order chi connectivity index (χ0) is 24.8. The van der Waals surface area contributed by atoms with Crippen LogP contribution in [0.4, 0.5) is 0 Å². The number of carbonyl (C=O) groups excluding carboxylic acids is 1. The highest BCUT2D eigenvalue weighted by Gasteiger charge is 2.14. The van der Waals surface area contributed by atoms with Crippen LogP contribution >= 0.6 is 11.8 Å². The second-order valence-corrected chi connectivity index (χ2v) is 8.75. The molecule has 0 spiro atoms. The summed E-state index contributed by atoms with van der Waals surface area (Å²) in [6.45, 7) is 2.72. The van der Waals surface area contributed by atoms with Gasteiger partial charge in [0.15, 0.2) is 16.7 Å². The van der Waals surface area contributed by atoms with Crippen LogP contribution in [0.1, 0.15) is 16.7 Å². The van der Waals surface area contributed by atoms with E-state index < -0.39 is 0 Å². The highest BCUT2D eigenvalue weighted by molar-refractivity contribution is 7.99. The Morgan fingerprint density at radius 1 is 1.11 bits per heavy atom. The van der Waals surface area contributed by atoms with Crippen molar-refractivity contribution in [2.75, 3.05) is 20.0 Å². The molecule has 0 saturated heterocycles. The number of hydrogen-bond donors (Lipinski definition) is 2. The molecule has 0 bridgehead atoms. The monoisotopic (exact) mass is 490 g/mol. The number of benzene rings is 3. The number of phenols is 1. The Balaban J connectivity index is 1.44. The number of fused-ring (bicyclic) bond motifs is 1. The number of para-hydroxylation sites is 2. The summed E-state index contributed by atoms with van der Waals surface area (Å²) in [5.41, 5.74) is 7.40. The lowest BCUT2D eigenvalue weighted by atomic mass is 10.1. The van der Waals surface area contributed by atoms with Crippen LogP contribution in [-0.4, -0.2) is 46.8 Å². The van der Waals surface area contributed by atoms with Crippen molar-refractivity contribution < 1.29 is 19.4 Å². The minimum Gasteiger partial charge on any atom is -0.502 e. The summed E-state index contributed by atoms with van der Waals surface area (Å²) < 4.78 is 12.4. The van der Waals surface area contributed by atoms with Crippen molar-refractivity contribution >= 4 is 34.9 Å². The molecule has 0 unspecified atom stereocenters. The highest BCUT2D eigenvalue weighted by Crippen LogP contribution is 2.36. The molecule has 1 heterocycles. The fraction of sp³-hybridized carbons (Fsp3) is 0.192. The van der Waals surface area contributed by atoms with Crippen molar-refractivity contribution in [2.24, 2.45) is 5.10 Å². The molecule has 1 aromatic heterocycles. The minimum atomic E-state index is -0.266. The highest BCUT2D eigenvalue weighted by atomic mass is 32.2. The first kappa shape index (κ1) is 24.2. The number of methoxy groups -OCH3 is 2. The van der Waals surface area contributed by atoms with E-state index in [-0.39, 0.29) is 28.9 Å². The third kappa shape index (κ3) is 5.75. The van der Waals surface area contributed by atoms with Gasteiger partial charge in [0.2, 0.25) is 5.75 Å². The molecule has 1 amide bonds. The van der Waals surface area contributed by atoms with Gasteiger partial charge in [-0.15, -0.1) is 0 Å². The fourth-order valence-electron chi connectivity index (χ4n) is 3.52. The van der Waals surface area contributed by atoms with Gasteiger partial charge in [-0.25, -0.2) is 10.4 Å². The molecule has 3 aromatic carbocycles. The van der Waals surface area contributed by atoms with Gasteiger partial charge < -0.3 is 19.1 Å². The predicted octanol–water partition coefficient (Wildman–Crippen LogP) is 4.36. The molecule has 8 nitrogen and oxygen atoms in total. The van der Waals surface area contributed by atoms with Gasteiger partial charge >= 0.3 is 0 Å². The molecule has 35 heavy (non-hydrogen) atoms. The molecule has 4 rings (SSSR count). The summed E-state index contributed by atoms with van der Waals surface area (Å²) in [6.07, 6.45) is 1.46. The Morgan fingerprint density at radius 2 is 1.80 bits per heavy atom. The number of hydrazone groups is 1. The van der Waals surface area contributed by atoms with Crippen molar-refractivity contribution in [3.63, 3.8) is 0 Å². The van der Waals surface area contributed by atoms with E-state index in [9.17, 15) is 9.90 Å². The third-order valence-electron chi connectivity index (χ3n) is 5.32. The number of aromatic nitrogens is 2. The topological polar surface area (TPSA) is 98.0 Å². The number of hydrogen-bond acceptors (Lipinski definition) is 7. The normalized spacial score (nSPS) is 11.2. The number of rotatable bonds is 9. The van der Waals surface area contributed by atoms with Gasteiger partial charge in [-0.2, -0.15) is 5.10 Å². The number of aryl methyl sites for hydroxylation is 1. The van der Waals surface area contributed by atoms with Gasteiger partial charge in [-0.1, -0.05) is 53.7 Å². The van der Waals surface area contributed by atoms with E-state index in [0.29, 0.717) is 12.1 Å². The zero-order valence-corrected chi connectivity index (χ0v) is 20.5. The molecule has 0 aliphatic carbocycles. The van der Waals surface area contributed by atoms with Crippen molar-refractivity contribution in [1.29, 1.82) is 0 Å². The largest absolute Gasteiger partial charge is 0.502 e. The van der Waals surface area contributed by atoms with Crippen molar-refractivity contribution in [2.45, 2.75) is 18.6 Å². The van der Waals surface area contributed by atoms with Gasteiger partial charge in [0.25, 0.3) is 5.91 Å². The third-order valence-corrected chi connectivity index (χ3v) is 6.29. The van der Waals surface area contributed by atoms with Gasteiger partial charge in [0, 0.05) is 5.56 Å². The summed E-state index contributed by atoms with van der Waals surface area (Å²) in [5, 5.41) is 14.8. The number of amides is 1. The minimum absolute atomic E-state index is 0.0962. The number of carbonyl (C=O) groups is 1. The Labute approximate surface area is 207 Å². The van der Waals surface area contributed by atoms with Crippen LogP contribution in [0.3, 0.4) is 0 Å². The van der Waals surface area contributed by atoms with Gasteiger partial charge in [0.05, 0.1) is 43.8 Å². The molecule has 0 radical (unpaired) electrons. The number of phenolic OH excluding ortho intramolecular Hbond substituents is 1. The van der Waals surface area contributed by atoms with Crippen LogP contribution in [0, 0.1) is 6.92 Å². The van der Waals surface area contributed by atoms with E-state index in [0.717, 1.165) is 21.8 Å². The fourth-order valence-corrected chi connectivity index (χ4v) is 4.33. The lowest BCUT2D eigenvalue weighted by molar-refractivity contribution is -0.118. The number of aromatic hydroxyl groups is 1. The second kappa shape index (κ2) is 11.0. The molecule has 0 saturated carbocycles. The van der Waals surface area contributed by atoms with E-state index in [1.807, 2.05) is 24.3 Å². The van der Waals surface area contributed by atoms with Crippen LogP contribution in [-0.2, 0) is 11.3 Å². The Kier molecular flexibility index (Phi) is 7.57.